The van der Waals surface area contributed by atoms with Gasteiger partial charge in [0.2, 0.25) is 5.89 Å². The third-order valence-electron chi connectivity index (χ3n) is 4.67. The highest BCUT2D eigenvalue weighted by Crippen LogP contribution is 2.26. The van der Waals surface area contributed by atoms with Crippen molar-refractivity contribution in [2.45, 2.75) is 25.4 Å². The largest absolute Gasteiger partial charge is 0.376 e. The Morgan fingerprint density at radius 2 is 2.14 bits per heavy atom. The van der Waals surface area contributed by atoms with Crippen LogP contribution in [0.5, 0.6) is 0 Å². The molecule has 1 atom stereocenters. The first kappa shape index (κ1) is 18.2. The molecule has 3 aromatic rings. The van der Waals surface area contributed by atoms with Gasteiger partial charge in [-0.3, -0.25) is 9.78 Å². The van der Waals surface area contributed by atoms with Crippen LogP contribution >= 0.6 is 0 Å². The zero-order chi connectivity index (χ0) is 19.2. The van der Waals surface area contributed by atoms with E-state index in [0.29, 0.717) is 50.1 Å². The van der Waals surface area contributed by atoms with E-state index in [1.54, 1.807) is 11.1 Å². The molecule has 0 saturated carbocycles. The van der Waals surface area contributed by atoms with Gasteiger partial charge >= 0.3 is 0 Å². The zero-order valence-corrected chi connectivity index (χ0v) is 15.4. The lowest BCUT2D eigenvalue weighted by molar-refractivity contribution is 0.0783. The molecule has 1 aliphatic heterocycles. The molecule has 2 aromatic heterocycles. The highest BCUT2D eigenvalue weighted by molar-refractivity contribution is 5.92. The number of ether oxygens (including phenoxy) is 1. The number of amides is 1. The van der Waals surface area contributed by atoms with Crippen molar-refractivity contribution >= 4 is 5.91 Å². The molecule has 0 aliphatic carbocycles. The summed E-state index contributed by atoms with van der Waals surface area (Å²) in [4.78, 5) is 26.7. The number of nitrogens with zero attached hydrogens (tertiary/aromatic N) is 5. The fraction of sp³-hybridized carbons (Fsp3) is 0.350. The Morgan fingerprint density at radius 3 is 2.96 bits per heavy atom. The Bertz CT molecular complexity index is 900. The highest BCUT2D eigenvalue weighted by atomic mass is 16.5. The van der Waals surface area contributed by atoms with Crippen LogP contribution in [-0.4, -0.2) is 50.6 Å². The van der Waals surface area contributed by atoms with E-state index in [1.165, 1.54) is 12.4 Å². The van der Waals surface area contributed by atoms with Crippen LogP contribution in [0.3, 0.4) is 0 Å². The number of carbonyl (C=O) groups is 1. The molecule has 3 heterocycles. The molecule has 0 spiro atoms. The standard InChI is InChI=1S/C20H21N5O3/c26-20(17-12-21-8-9-22-17)25-10-6-16(13-25)19-23-18(24-28-19)7-11-27-14-15-4-2-1-3-5-15/h1-5,8-9,12,16H,6-7,10-11,13-14H2. The summed E-state index contributed by atoms with van der Waals surface area (Å²) in [5, 5.41) is 4.04. The number of rotatable bonds is 7. The van der Waals surface area contributed by atoms with Crippen molar-refractivity contribution in [1.82, 2.24) is 25.0 Å². The number of benzene rings is 1. The van der Waals surface area contributed by atoms with Gasteiger partial charge in [-0.25, -0.2) is 4.98 Å². The van der Waals surface area contributed by atoms with Gasteiger partial charge in [0.05, 0.1) is 25.3 Å². The first-order valence-corrected chi connectivity index (χ1v) is 9.29. The number of hydrogen-bond acceptors (Lipinski definition) is 7. The summed E-state index contributed by atoms with van der Waals surface area (Å²) in [7, 11) is 0. The van der Waals surface area contributed by atoms with E-state index in [2.05, 4.69) is 20.1 Å². The quantitative estimate of drug-likeness (QED) is 0.581. The molecular weight excluding hydrogens is 358 g/mol. The maximum absolute atomic E-state index is 12.5. The molecule has 1 fully saturated rings. The van der Waals surface area contributed by atoms with E-state index in [1.807, 2.05) is 30.3 Å². The summed E-state index contributed by atoms with van der Waals surface area (Å²) < 4.78 is 11.1. The van der Waals surface area contributed by atoms with E-state index < -0.39 is 0 Å². The van der Waals surface area contributed by atoms with Crippen LogP contribution in [0.1, 0.15) is 40.1 Å². The molecule has 8 nitrogen and oxygen atoms in total. The monoisotopic (exact) mass is 379 g/mol. The van der Waals surface area contributed by atoms with E-state index in [9.17, 15) is 4.79 Å². The normalized spacial score (nSPS) is 16.4. The fourth-order valence-corrected chi connectivity index (χ4v) is 3.18. The van der Waals surface area contributed by atoms with Crippen LogP contribution in [0.15, 0.2) is 53.4 Å². The molecular formula is C20H21N5O3. The summed E-state index contributed by atoms with van der Waals surface area (Å²) >= 11 is 0. The van der Waals surface area contributed by atoms with Gasteiger partial charge in [-0.1, -0.05) is 35.5 Å². The average Bonchev–Trinajstić information content (AvgIpc) is 3.42. The molecule has 1 saturated heterocycles. The summed E-state index contributed by atoms with van der Waals surface area (Å²) in [6.45, 7) is 2.27. The number of likely N-dealkylation sites (tertiary alicyclic amines) is 1. The van der Waals surface area contributed by atoms with Gasteiger partial charge in [0.1, 0.15) is 5.69 Å². The Kier molecular flexibility index (Phi) is 5.67. The van der Waals surface area contributed by atoms with Crippen LogP contribution in [0.4, 0.5) is 0 Å². The minimum atomic E-state index is -0.121. The maximum atomic E-state index is 12.5. The van der Waals surface area contributed by atoms with Crippen LogP contribution < -0.4 is 0 Å². The molecule has 0 bridgehead atoms. The summed E-state index contributed by atoms with van der Waals surface area (Å²) in [5.41, 5.74) is 1.49. The van der Waals surface area contributed by atoms with Gasteiger partial charge in [0.15, 0.2) is 5.82 Å². The van der Waals surface area contributed by atoms with Gasteiger partial charge in [0.25, 0.3) is 5.91 Å². The van der Waals surface area contributed by atoms with Crippen LogP contribution in [0.25, 0.3) is 0 Å². The fourth-order valence-electron chi connectivity index (χ4n) is 3.18. The molecule has 0 N–H and O–H groups in total. The first-order valence-electron chi connectivity index (χ1n) is 9.29. The Morgan fingerprint density at radius 1 is 1.25 bits per heavy atom. The van der Waals surface area contributed by atoms with Crippen LogP contribution in [-0.2, 0) is 17.8 Å². The van der Waals surface area contributed by atoms with E-state index in [-0.39, 0.29) is 11.8 Å². The van der Waals surface area contributed by atoms with Crippen molar-refractivity contribution in [3.8, 4) is 0 Å². The number of carbonyl (C=O) groups excluding carboxylic acids is 1. The molecule has 8 heteroatoms. The zero-order valence-electron chi connectivity index (χ0n) is 15.4. The predicted molar refractivity (Wildman–Crippen MR) is 99.4 cm³/mol. The van der Waals surface area contributed by atoms with Crippen molar-refractivity contribution in [2.75, 3.05) is 19.7 Å². The molecule has 28 heavy (non-hydrogen) atoms. The van der Waals surface area contributed by atoms with Gasteiger partial charge in [-0.05, 0) is 12.0 Å². The Labute approximate surface area is 162 Å². The lowest BCUT2D eigenvalue weighted by Gasteiger charge is -2.14. The van der Waals surface area contributed by atoms with E-state index in [0.717, 1.165) is 12.0 Å². The molecule has 4 rings (SSSR count). The summed E-state index contributed by atoms with van der Waals surface area (Å²) in [6.07, 6.45) is 5.93. The summed E-state index contributed by atoms with van der Waals surface area (Å²) in [5.74, 6) is 1.13. The third kappa shape index (κ3) is 4.40. The van der Waals surface area contributed by atoms with Crippen LogP contribution in [0.2, 0.25) is 0 Å². The lowest BCUT2D eigenvalue weighted by atomic mass is 10.1. The number of hydrogen-bond donors (Lipinski definition) is 0. The van der Waals surface area contributed by atoms with E-state index in [4.69, 9.17) is 9.26 Å². The minimum Gasteiger partial charge on any atom is -0.376 e. The van der Waals surface area contributed by atoms with Gasteiger partial charge in [-0.2, -0.15) is 4.98 Å². The molecule has 1 aliphatic rings. The van der Waals surface area contributed by atoms with E-state index >= 15 is 0 Å². The van der Waals surface area contributed by atoms with Gasteiger partial charge < -0.3 is 14.2 Å². The maximum Gasteiger partial charge on any atom is 0.274 e. The molecule has 1 unspecified atom stereocenters. The minimum absolute atomic E-state index is 0.0482. The van der Waals surface area contributed by atoms with Gasteiger partial charge in [0, 0.05) is 31.9 Å². The predicted octanol–water partition coefficient (Wildman–Crippen LogP) is 2.25. The average molecular weight is 379 g/mol. The first-order chi connectivity index (χ1) is 13.8. The molecule has 0 radical (unpaired) electrons. The van der Waals surface area contributed by atoms with Crippen molar-refractivity contribution in [3.05, 3.63) is 71.9 Å². The van der Waals surface area contributed by atoms with Crippen molar-refractivity contribution in [2.24, 2.45) is 0 Å². The Hall–Kier alpha value is -3.13. The molecule has 1 amide bonds. The lowest BCUT2D eigenvalue weighted by Crippen LogP contribution is -2.29. The smallest absolute Gasteiger partial charge is 0.274 e. The highest BCUT2D eigenvalue weighted by Gasteiger charge is 2.32. The second-order valence-corrected chi connectivity index (χ2v) is 6.66. The van der Waals surface area contributed by atoms with Crippen molar-refractivity contribution < 1.29 is 14.1 Å². The SMILES string of the molecule is O=C(c1cnccn1)N1CCC(c2nc(CCOCc3ccccc3)no2)C1. The Balaban J connectivity index is 1.26. The van der Waals surface area contributed by atoms with Crippen LogP contribution in [0, 0.1) is 0 Å². The summed E-state index contributed by atoms with van der Waals surface area (Å²) in [6, 6.07) is 10.0. The second-order valence-electron chi connectivity index (χ2n) is 6.66. The van der Waals surface area contributed by atoms with Crippen molar-refractivity contribution in [1.29, 1.82) is 0 Å². The molecule has 144 valence electrons. The topological polar surface area (TPSA) is 94.2 Å². The molecule has 1 aromatic carbocycles. The number of aromatic nitrogens is 4. The second kappa shape index (κ2) is 8.71. The third-order valence-corrected chi connectivity index (χ3v) is 4.67. The van der Waals surface area contributed by atoms with Gasteiger partial charge in [-0.15, -0.1) is 0 Å². The van der Waals surface area contributed by atoms with Crippen molar-refractivity contribution in [3.63, 3.8) is 0 Å².